The highest BCUT2D eigenvalue weighted by molar-refractivity contribution is 6.30. The molecule has 0 fully saturated rings. The fourth-order valence-electron chi connectivity index (χ4n) is 2.31. The summed E-state index contributed by atoms with van der Waals surface area (Å²) in [4.78, 5) is 40.7. The molecule has 7 nitrogen and oxygen atoms in total. The van der Waals surface area contributed by atoms with Gasteiger partial charge in [-0.15, -0.1) is 0 Å². The van der Waals surface area contributed by atoms with Crippen LogP contribution in [0.25, 0.3) is 0 Å². The van der Waals surface area contributed by atoms with E-state index in [0.717, 1.165) is 0 Å². The molecule has 3 amide bonds. The second-order valence-electron chi connectivity index (χ2n) is 6.32. The number of amides is 3. The Hall–Kier alpha value is -2.93. The quantitative estimate of drug-likeness (QED) is 0.661. The van der Waals surface area contributed by atoms with Gasteiger partial charge in [0.05, 0.1) is 0 Å². The molecule has 0 radical (unpaired) electrons. The number of hydrogen-bond acceptors (Lipinski definition) is 4. The van der Waals surface area contributed by atoms with Gasteiger partial charge in [-0.05, 0) is 48.7 Å². The summed E-state index contributed by atoms with van der Waals surface area (Å²) >= 11 is 5.82. The molecule has 27 heavy (non-hydrogen) atoms. The van der Waals surface area contributed by atoms with Crippen molar-refractivity contribution in [2.45, 2.75) is 26.3 Å². The maximum Gasteiger partial charge on any atom is 0.288 e. The topological polar surface area (TPSA) is 100 Å². The lowest BCUT2D eigenvalue weighted by molar-refractivity contribution is -0.124. The van der Waals surface area contributed by atoms with Crippen LogP contribution in [0.3, 0.4) is 0 Å². The molecular formula is C19H21ClN4O3. The van der Waals surface area contributed by atoms with E-state index in [4.69, 9.17) is 11.6 Å². The maximum absolute atomic E-state index is 12.5. The minimum absolute atomic E-state index is 0.151. The molecule has 0 saturated carbocycles. The molecule has 0 saturated heterocycles. The van der Waals surface area contributed by atoms with E-state index >= 15 is 0 Å². The van der Waals surface area contributed by atoms with Crippen molar-refractivity contribution in [1.82, 2.24) is 21.2 Å². The van der Waals surface area contributed by atoms with Gasteiger partial charge < -0.3 is 5.32 Å². The Morgan fingerprint density at radius 1 is 1.00 bits per heavy atom. The van der Waals surface area contributed by atoms with Gasteiger partial charge in [-0.25, -0.2) is 0 Å². The standard InChI is InChI=1S/C19H21ClN4O3/c1-12(2)11-16(22-17(25)13-6-8-14(20)9-7-13)19(27)24-23-18(26)15-5-3-4-10-21-15/h3-10,12,16H,11H2,1-2H3,(H,22,25)(H,23,26)(H,24,27)/t16-/m1/s1. The molecule has 3 N–H and O–H groups in total. The average Bonchev–Trinajstić information content (AvgIpc) is 2.66. The zero-order valence-corrected chi connectivity index (χ0v) is 15.8. The molecule has 2 rings (SSSR count). The van der Waals surface area contributed by atoms with Gasteiger partial charge in [-0.1, -0.05) is 31.5 Å². The zero-order valence-electron chi connectivity index (χ0n) is 15.0. The summed E-state index contributed by atoms with van der Waals surface area (Å²) in [7, 11) is 0. The normalized spacial score (nSPS) is 11.6. The molecule has 1 atom stereocenters. The molecule has 2 aromatic rings. The van der Waals surface area contributed by atoms with Crippen molar-refractivity contribution in [2.24, 2.45) is 5.92 Å². The lowest BCUT2D eigenvalue weighted by Gasteiger charge is -2.20. The largest absolute Gasteiger partial charge is 0.340 e. The molecule has 142 valence electrons. The van der Waals surface area contributed by atoms with Gasteiger partial charge in [0.25, 0.3) is 17.7 Å². The molecule has 1 heterocycles. The number of hydrazine groups is 1. The first-order chi connectivity index (χ1) is 12.9. The average molecular weight is 389 g/mol. The number of aromatic nitrogens is 1. The molecule has 8 heteroatoms. The molecule has 0 unspecified atom stereocenters. The van der Waals surface area contributed by atoms with E-state index in [1.54, 1.807) is 36.4 Å². The first-order valence-electron chi connectivity index (χ1n) is 8.44. The summed E-state index contributed by atoms with van der Waals surface area (Å²) in [6.07, 6.45) is 1.88. The molecule has 0 aliphatic heterocycles. The van der Waals surface area contributed by atoms with Crippen LogP contribution >= 0.6 is 11.6 Å². The van der Waals surface area contributed by atoms with Gasteiger partial charge in [-0.3, -0.25) is 30.2 Å². The van der Waals surface area contributed by atoms with E-state index < -0.39 is 23.8 Å². The molecule has 0 aliphatic carbocycles. The number of carbonyl (C=O) groups is 3. The van der Waals surface area contributed by atoms with Crippen LogP contribution in [0.4, 0.5) is 0 Å². The third kappa shape index (κ3) is 6.38. The second-order valence-corrected chi connectivity index (χ2v) is 6.76. The number of nitrogens with zero attached hydrogens (tertiary/aromatic N) is 1. The minimum atomic E-state index is -0.808. The summed E-state index contributed by atoms with van der Waals surface area (Å²) in [6.45, 7) is 3.86. The van der Waals surface area contributed by atoms with Crippen LogP contribution in [0.5, 0.6) is 0 Å². The minimum Gasteiger partial charge on any atom is -0.340 e. The third-order valence-corrected chi connectivity index (χ3v) is 3.88. The number of hydrogen-bond donors (Lipinski definition) is 3. The van der Waals surface area contributed by atoms with Crippen LogP contribution in [0.15, 0.2) is 48.7 Å². The first kappa shape index (κ1) is 20.4. The Bertz CT molecular complexity index is 794. The van der Waals surface area contributed by atoms with Crippen molar-refractivity contribution in [3.8, 4) is 0 Å². The monoisotopic (exact) mass is 388 g/mol. The molecule has 0 bridgehead atoms. The lowest BCUT2D eigenvalue weighted by Crippen LogP contribution is -2.52. The van der Waals surface area contributed by atoms with Crippen LogP contribution in [0.1, 0.15) is 41.1 Å². The third-order valence-electron chi connectivity index (χ3n) is 3.63. The smallest absolute Gasteiger partial charge is 0.288 e. The van der Waals surface area contributed by atoms with E-state index in [0.29, 0.717) is 17.0 Å². The van der Waals surface area contributed by atoms with Crippen molar-refractivity contribution in [2.75, 3.05) is 0 Å². The predicted octanol–water partition coefficient (Wildman–Crippen LogP) is 2.34. The maximum atomic E-state index is 12.5. The summed E-state index contributed by atoms with van der Waals surface area (Å²) in [6, 6.07) is 10.4. The molecular weight excluding hydrogens is 368 g/mol. The fraction of sp³-hybridized carbons (Fsp3) is 0.263. The van der Waals surface area contributed by atoms with E-state index in [-0.39, 0.29) is 11.6 Å². The van der Waals surface area contributed by atoms with Crippen LogP contribution < -0.4 is 16.2 Å². The van der Waals surface area contributed by atoms with Gasteiger partial charge in [0, 0.05) is 16.8 Å². The Morgan fingerprint density at radius 3 is 2.30 bits per heavy atom. The molecule has 0 aliphatic rings. The highest BCUT2D eigenvalue weighted by Crippen LogP contribution is 2.11. The summed E-state index contributed by atoms with van der Waals surface area (Å²) in [5.74, 6) is -1.31. The number of benzene rings is 1. The van der Waals surface area contributed by atoms with E-state index in [1.807, 2.05) is 13.8 Å². The van der Waals surface area contributed by atoms with Crippen molar-refractivity contribution in [1.29, 1.82) is 0 Å². The highest BCUT2D eigenvalue weighted by atomic mass is 35.5. The van der Waals surface area contributed by atoms with Gasteiger partial charge in [0.1, 0.15) is 11.7 Å². The second kappa shape index (κ2) is 9.68. The molecule has 0 spiro atoms. The summed E-state index contributed by atoms with van der Waals surface area (Å²) in [5, 5.41) is 3.20. The Labute approximate surface area is 162 Å². The Kier molecular flexibility index (Phi) is 7.31. The molecule has 1 aromatic heterocycles. The van der Waals surface area contributed by atoms with Crippen LogP contribution in [-0.4, -0.2) is 28.7 Å². The van der Waals surface area contributed by atoms with Crippen LogP contribution in [0, 0.1) is 5.92 Å². The summed E-state index contributed by atoms with van der Waals surface area (Å²) < 4.78 is 0. The van der Waals surface area contributed by atoms with Gasteiger partial charge in [0.2, 0.25) is 0 Å². The SMILES string of the molecule is CC(C)C[C@@H](NC(=O)c1ccc(Cl)cc1)C(=O)NNC(=O)c1ccccn1. The van der Waals surface area contributed by atoms with E-state index in [2.05, 4.69) is 21.2 Å². The lowest BCUT2D eigenvalue weighted by atomic mass is 10.0. The Balaban J connectivity index is 1.99. The predicted molar refractivity (Wildman–Crippen MR) is 102 cm³/mol. The number of rotatable bonds is 6. The number of halogens is 1. The van der Waals surface area contributed by atoms with Crippen molar-refractivity contribution < 1.29 is 14.4 Å². The zero-order chi connectivity index (χ0) is 19.8. The summed E-state index contributed by atoms with van der Waals surface area (Å²) in [5.41, 5.74) is 5.20. The number of carbonyl (C=O) groups excluding carboxylic acids is 3. The molecule has 1 aromatic carbocycles. The fourth-order valence-corrected chi connectivity index (χ4v) is 2.44. The van der Waals surface area contributed by atoms with Crippen molar-refractivity contribution in [3.05, 3.63) is 64.9 Å². The van der Waals surface area contributed by atoms with Crippen LogP contribution in [0.2, 0.25) is 5.02 Å². The highest BCUT2D eigenvalue weighted by Gasteiger charge is 2.23. The van der Waals surface area contributed by atoms with E-state index in [1.165, 1.54) is 12.3 Å². The first-order valence-corrected chi connectivity index (χ1v) is 8.82. The van der Waals surface area contributed by atoms with Gasteiger partial charge in [0.15, 0.2) is 0 Å². The number of nitrogens with one attached hydrogen (secondary N) is 3. The van der Waals surface area contributed by atoms with Gasteiger partial charge >= 0.3 is 0 Å². The van der Waals surface area contributed by atoms with Crippen molar-refractivity contribution >= 4 is 29.3 Å². The Morgan fingerprint density at radius 2 is 1.70 bits per heavy atom. The van der Waals surface area contributed by atoms with Crippen LogP contribution in [-0.2, 0) is 4.79 Å². The van der Waals surface area contributed by atoms with Gasteiger partial charge in [-0.2, -0.15) is 0 Å². The van der Waals surface area contributed by atoms with E-state index in [9.17, 15) is 14.4 Å². The van der Waals surface area contributed by atoms with Crippen molar-refractivity contribution in [3.63, 3.8) is 0 Å². The number of pyridine rings is 1.